The first kappa shape index (κ1) is 12.8. The molecule has 1 atom stereocenters. The molecule has 1 unspecified atom stereocenters. The number of ether oxygens (including phenoxy) is 1. The molecule has 0 aromatic carbocycles. The van der Waals surface area contributed by atoms with Gasteiger partial charge in [-0.15, -0.1) is 0 Å². The Kier molecular flexibility index (Phi) is 5.62. The van der Waals surface area contributed by atoms with E-state index in [1.165, 1.54) is 0 Å². The third-order valence-electron chi connectivity index (χ3n) is 2.34. The van der Waals surface area contributed by atoms with E-state index >= 15 is 0 Å². The lowest BCUT2D eigenvalue weighted by atomic mass is 10.2. The van der Waals surface area contributed by atoms with Gasteiger partial charge in [0, 0.05) is 13.2 Å². The molecule has 88 valence electrons. The van der Waals surface area contributed by atoms with Crippen LogP contribution in [0.25, 0.3) is 0 Å². The van der Waals surface area contributed by atoms with Crippen LogP contribution in [-0.4, -0.2) is 19.8 Å². The summed E-state index contributed by atoms with van der Waals surface area (Å²) in [5.41, 5.74) is 0. The Balaban J connectivity index is 2.39. The van der Waals surface area contributed by atoms with Crippen molar-refractivity contribution in [2.24, 2.45) is 0 Å². The van der Waals surface area contributed by atoms with Crippen molar-refractivity contribution >= 4 is 0 Å². The highest BCUT2D eigenvalue weighted by atomic mass is 16.5. The summed E-state index contributed by atoms with van der Waals surface area (Å²) in [4.78, 5) is 0. The molecule has 0 saturated heterocycles. The van der Waals surface area contributed by atoms with Gasteiger partial charge in [-0.25, -0.2) is 0 Å². The highest BCUT2D eigenvalue weighted by molar-refractivity contribution is 5.18. The van der Waals surface area contributed by atoms with Crippen molar-refractivity contribution in [3.63, 3.8) is 0 Å². The lowest BCUT2D eigenvalue weighted by molar-refractivity contribution is 0.160. The zero-order valence-corrected chi connectivity index (χ0v) is 9.82. The Morgan fingerprint density at radius 1 is 1.56 bits per heavy atom. The molecule has 0 radical (unpaired) electrons. The Morgan fingerprint density at radius 2 is 2.38 bits per heavy atom. The Labute approximate surface area is 96.2 Å². The van der Waals surface area contributed by atoms with Gasteiger partial charge in [-0.05, 0) is 18.6 Å². The SMILES string of the molecule is CCCC(COC)NCc1ccc(C#N)o1. The summed E-state index contributed by atoms with van der Waals surface area (Å²) in [7, 11) is 1.70. The minimum absolute atomic E-state index is 0.339. The molecule has 0 bridgehead atoms. The quantitative estimate of drug-likeness (QED) is 0.767. The molecule has 16 heavy (non-hydrogen) atoms. The standard InChI is InChI=1S/C12H18N2O2/c1-3-4-10(9-15-2)14-8-12-6-5-11(7-13)16-12/h5-6,10,14H,3-4,8-9H2,1-2H3. The molecule has 0 spiro atoms. The first-order valence-corrected chi connectivity index (χ1v) is 5.51. The van der Waals surface area contributed by atoms with E-state index in [-0.39, 0.29) is 0 Å². The van der Waals surface area contributed by atoms with Crippen molar-refractivity contribution in [1.29, 1.82) is 5.26 Å². The fourth-order valence-electron chi connectivity index (χ4n) is 1.57. The number of hydrogen-bond donors (Lipinski definition) is 1. The summed E-state index contributed by atoms with van der Waals surface area (Å²) in [6.07, 6.45) is 2.18. The summed E-state index contributed by atoms with van der Waals surface area (Å²) < 4.78 is 10.4. The third kappa shape index (κ3) is 4.05. The average Bonchev–Trinajstić information content (AvgIpc) is 2.74. The minimum Gasteiger partial charge on any atom is -0.449 e. The second-order valence-corrected chi connectivity index (χ2v) is 3.70. The maximum Gasteiger partial charge on any atom is 0.203 e. The lowest BCUT2D eigenvalue weighted by Crippen LogP contribution is -2.32. The van der Waals surface area contributed by atoms with E-state index in [0.29, 0.717) is 25.0 Å². The Bertz CT molecular complexity index is 335. The fraction of sp³-hybridized carbons (Fsp3) is 0.583. The topological polar surface area (TPSA) is 58.2 Å². The summed E-state index contributed by atoms with van der Waals surface area (Å²) in [5, 5.41) is 12.0. The van der Waals surface area contributed by atoms with Crippen LogP contribution in [0.15, 0.2) is 16.5 Å². The monoisotopic (exact) mass is 222 g/mol. The van der Waals surface area contributed by atoms with Crippen molar-refractivity contribution in [3.05, 3.63) is 23.7 Å². The molecule has 1 aromatic rings. The molecular formula is C12H18N2O2. The van der Waals surface area contributed by atoms with Gasteiger partial charge in [0.15, 0.2) is 0 Å². The van der Waals surface area contributed by atoms with E-state index in [4.69, 9.17) is 14.4 Å². The van der Waals surface area contributed by atoms with Crippen LogP contribution in [0.3, 0.4) is 0 Å². The van der Waals surface area contributed by atoms with Gasteiger partial charge in [0.1, 0.15) is 11.8 Å². The molecule has 4 heteroatoms. The van der Waals surface area contributed by atoms with Crippen LogP contribution < -0.4 is 5.32 Å². The maximum atomic E-state index is 8.61. The van der Waals surface area contributed by atoms with Crippen molar-refractivity contribution in [2.45, 2.75) is 32.4 Å². The van der Waals surface area contributed by atoms with Crippen molar-refractivity contribution in [2.75, 3.05) is 13.7 Å². The normalized spacial score (nSPS) is 12.3. The van der Waals surface area contributed by atoms with Crippen LogP contribution in [-0.2, 0) is 11.3 Å². The van der Waals surface area contributed by atoms with E-state index in [1.54, 1.807) is 13.2 Å². The molecule has 4 nitrogen and oxygen atoms in total. The van der Waals surface area contributed by atoms with Gasteiger partial charge in [-0.1, -0.05) is 13.3 Å². The predicted octanol–water partition coefficient (Wildman–Crippen LogP) is 2.06. The minimum atomic E-state index is 0.339. The average molecular weight is 222 g/mol. The van der Waals surface area contributed by atoms with Gasteiger partial charge in [0.25, 0.3) is 0 Å². The number of methoxy groups -OCH3 is 1. The zero-order chi connectivity index (χ0) is 11.8. The highest BCUT2D eigenvalue weighted by Gasteiger charge is 2.08. The molecule has 1 rings (SSSR count). The van der Waals surface area contributed by atoms with E-state index < -0.39 is 0 Å². The van der Waals surface area contributed by atoms with Gasteiger partial charge in [-0.2, -0.15) is 5.26 Å². The van der Waals surface area contributed by atoms with Crippen LogP contribution in [0.5, 0.6) is 0 Å². The second kappa shape index (κ2) is 7.04. The van der Waals surface area contributed by atoms with Crippen LogP contribution in [0.2, 0.25) is 0 Å². The smallest absolute Gasteiger partial charge is 0.203 e. The summed E-state index contributed by atoms with van der Waals surface area (Å²) in [6, 6.07) is 5.81. The number of nitrogens with zero attached hydrogens (tertiary/aromatic N) is 1. The molecule has 1 N–H and O–H groups in total. The van der Waals surface area contributed by atoms with Crippen LogP contribution in [0.1, 0.15) is 31.3 Å². The predicted molar refractivity (Wildman–Crippen MR) is 60.8 cm³/mol. The summed E-state index contributed by atoms with van der Waals surface area (Å²) in [6.45, 7) is 3.47. The number of furan rings is 1. The number of nitriles is 1. The molecule has 1 aromatic heterocycles. The number of hydrogen-bond acceptors (Lipinski definition) is 4. The molecule has 0 fully saturated rings. The van der Waals surface area contributed by atoms with Gasteiger partial charge in [-0.3, -0.25) is 0 Å². The van der Waals surface area contributed by atoms with Crippen LogP contribution in [0, 0.1) is 11.3 Å². The Hall–Kier alpha value is -1.31. The van der Waals surface area contributed by atoms with Gasteiger partial charge < -0.3 is 14.5 Å². The van der Waals surface area contributed by atoms with Crippen molar-refractivity contribution < 1.29 is 9.15 Å². The van der Waals surface area contributed by atoms with E-state index in [2.05, 4.69) is 12.2 Å². The molecule has 0 saturated carbocycles. The van der Waals surface area contributed by atoms with Crippen molar-refractivity contribution in [3.8, 4) is 6.07 Å². The molecular weight excluding hydrogens is 204 g/mol. The van der Waals surface area contributed by atoms with E-state index in [9.17, 15) is 0 Å². The lowest BCUT2D eigenvalue weighted by Gasteiger charge is -2.15. The maximum absolute atomic E-state index is 8.61. The molecule has 1 heterocycles. The van der Waals surface area contributed by atoms with Gasteiger partial charge >= 0.3 is 0 Å². The molecule has 0 aliphatic rings. The molecule has 0 aliphatic carbocycles. The molecule has 0 amide bonds. The number of nitrogens with one attached hydrogen (secondary N) is 1. The largest absolute Gasteiger partial charge is 0.449 e. The summed E-state index contributed by atoms with van der Waals surface area (Å²) in [5.74, 6) is 1.14. The second-order valence-electron chi connectivity index (χ2n) is 3.70. The summed E-state index contributed by atoms with van der Waals surface area (Å²) >= 11 is 0. The highest BCUT2D eigenvalue weighted by Crippen LogP contribution is 2.07. The van der Waals surface area contributed by atoms with E-state index in [1.807, 2.05) is 12.1 Å². The van der Waals surface area contributed by atoms with E-state index in [0.717, 1.165) is 18.6 Å². The van der Waals surface area contributed by atoms with Gasteiger partial charge in [0.2, 0.25) is 5.76 Å². The van der Waals surface area contributed by atoms with Crippen molar-refractivity contribution in [1.82, 2.24) is 5.32 Å². The number of rotatable bonds is 7. The third-order valence-corrected chi connectivity index (χ3v) is 2.34. The van der Waals surface area contributed by atoms with Crippen LogP contribution in [0.4, 0.5) is 0 Å². The molecule has 0 aliphatic heterocycles. The van der Waals surface area contributed by atoms with Crippen LogP contribution >= 0.6 is 0 Å². The zero-order valence-electron chi connectivity index (χ0n) is 9.82. The van der Waals surface area contributed by atoms with Gasteiger partial charge in [0.05, 0.1) is 13.2 Å². The Morgan fingerprint density at radius 3 is 2.94 bits per heavy atom. The first-order valence-electron chi connectivity index (χ1n) is 5.51. The fourth-order valence-corrected chi connectivity index (χ4v) is 1.57. The first-order chi connectivity index (χ1) is 7.80.